The molecule has 0 aromatic heterocycles. The maximum atomic E-state index is 13.9. The lowest BCUT2D eigenvalue weighted by atomic mass is 10.1. The van der Waals surface area contributed by atoms with E-state index in [2.05, 4.69) is 13.8 Å². The number of rotatable bonds is 21. The minimum atomic E-state index is -4.04. The third kappa shape index (κ3) is 19.1. The van der Waals surface area contributed by atoms with Crippen molar-refractivity contribution < 1.29 is 17.0 Å². The normalized spacial score (nSPS) is 12.7. The molecule has 1 unspecified atom stereocenters. The van der Waals surface area contributed by atoms with Crippen molar-refractivity contribution in [2.75, 3.05) is 6.61 Å². The fourth-order valence-electron chi connectivity index (χ4n) is 3.24. The maximum absolute atomic E-state index is 13.9. The first-order valence-corrected chi connectivity index (χ1v) is 13.0. The van der Waals surface area contributed by atoms with Crippen molar-refractivity contribution >= 4 is 10.1 Å². The second-order valence-electron chi connectivity index (χ2n) is 7.82. The minimum absolute atomic E-state index is 0. The molecule has 1 atom stereocenters. The number of unbranched alkanes of at least 4 members (excludes halogenated alkanes) is 15. The molecular formula is C22H48FNO3S. The molecule has 4 nitrogen and oxygen atoms in total. The van der Waals surface area contributed by atoms with E-state index in [1.807, 2.05) is 0 Å². The average Bonchev–Trinajstić information content (AvgIpc) is 2.65. The third-order valence-corrected chi connectivity index (χ3v) is 6.45. The van der Waals surface area contributed by atoms with Crippen LogP contribution < -0.4 is 6.15 Å². The second-order valence-corrected chi connectivity index (χ2v) is 9.55. The van der Waals surface area contributed by atoms with E-state index in [4.69, 9.17) is 4.18 Å². The smallest absolute Gasteiger partial charge is 0.299 e. The first kappa shape index (κ1) is 30.0. The van der Waals surface area contributed by atoms with Crippen LogP contribution >= 0.6 is 0 Å². The summed E-state index contributed by atoms with van der Waals surface area (Å²) in [5.41, 5.74) is -1.86. The molecule has 0 amide bonds. The predicted molar refractivity (Wildman–Crippen MR) is 119 cm³/mol. The topological polar surface area (TPSA) is 78.4 Å². The van der Waals surface area contributed by atoms with E-state index in [0.717, 1.165) is 25.7 Å². The molecule has 3 N–H and O–H groups in total. The Kier molecular flexibility index (Phi) is 23.0. The van der Waals surface area contributed by atoms with Gasteiger partial charge in [-0.25, -0.2) is 4.39 Å². The summed E-state index contributed by atoms with van der Waals surface area (Å²) in [5.74, 6) is 0. The van der Waals surface area contributed by atoms with Gasteiger partial charge in [0.15, 0.2) is 0 Å². The van der Waals surface area contributed by atoms with E-state index in [0.29, 0.717) is 12.8 Å². The van der Waals surface area contributed by atoms with Gasteiger partial charge in [0.05, 0.1) is 6.61 Å². The van der Waals surface area contributed by atoms with E-state index in [1.54, 1.807) is 0 Å². The lowest BCUT2D eigenvalue weighted by Gasteiger charge is -2.10. The van der Waals surface area contributed by atoms with Crippen LogP contribution in [0, 0.1) is 0 Å². The summed E-state index contributed by atoms with van der Waals surface area (Å²) in [6.07, 6.45) is 19.2. The van der Waals surface area contributed by atoms with Crippen LogP contribution in [0.5, 0.6) is 0 Å². The highest BCUT2D eigenvalue weighted by Crippen LogP contribution is 2.17. The van der Waals surface area contributed by atoms with Gasteiger partial charge in [-0.1, -0.05) is 110 Å². The number of halogens is 1. The Morgan fingerprint density at radius 2 is 1.00 bits per heavy atom. The average molecular weight is 426 g/mol. The molecule has 0 bridgehead atoms. The molecule has 0 saturated carbocycles. The van der Waals surface area contributed by atoms with Gasteiger partial charge in [0.2, 0.25) is 5.50 Å². The first-order chi connectivity index (χ1) is 13.0. The largest absolute Gasteiger partial charge is 0.344 e. The Hall–Kier alpha value is -0.200. The zero-order valence-corrected chi connectivity index (χ0v) is 19.5. The van der Waals surface area contributed by atoms with E-state index in [-0.39, 0.29) is 19.2 Å². The molecule has 172 valence electrons. The van der Waals surface area contributed by atoms with Crippen molar-refractivity contribution in [3.63, 3.8) is 0 Å². The summed E-state index contributed by atoms with van der Waals surface area (Å²) in [6, 6.07) is 0. The molecule has 0 saturated heterocycles. The van der Waals surface area contributed by atoms with Crippen molar-refractivity contribution in [1.29, 1.82) is 0 Å². The Labute approximate surface area is 175 Å². The molecule has 0 aliphatic rings. The summed E-state index contributed by atoms with van der Waals surface area (Å²) >= 11 is 0. The Balaban J connectivity index is 0. The van der Waals surface area contributed by atoms with E-state index in [9.17, 15) is 12.8 Å². The second kappa shape index (κ2) is 21.5. The van der Waals surface area contributed by atoms with Gasteiger partial charge in [0, 0.05) is 0 Å². The van der Waals surface area contributed by atoms with Crippen LogP contribution in [-0.2, 0) is 14.3 Å². The Bertz CT molecular complexity index is 405. The van der Waals surface area contributed by atoms with Gasteiger partial charge in [-0.05, 0) is 19.3 Å². The molecule has 6 heteroatoms. The fourth-order valence-corrected chi connectivity index (χ4v) is 4.20. The monoisotopic (exact) mass is 425 g/mol. The zero-order chi connectivity index (χ0) is 20.2. The van der Waals surface area contributed by atoms with Crippen molar-refractivity contribution in [3.05, 3.63) is 0 Å². The molecule has 0 aromatic carbocycles. The van der Waals surface area contributed by atoms with Crippen LogP contribution in [0.3, 0.4) is 0 Å². The van der Waals surface area contributed by atoms with Crippen molar-refractivity contribution in [2.45, 2.75) is 135 Å². The highest BCUT2D eigenvalue weighted by atomic mass is 32.2. The number of hydrogen-bond donors (Lipinski definition) is 1. The van der Waals surface area contributed by atoms with E-state index < -0.39 is 15.6 Å². The van der Waals surface area contributed by atoms with E-state index >= 15 is 0 Å². The van der Waals surface area contributed by atoms with Crippen LogP contribution in [0.4, 0.5) is 4.39 Å². The van der Waals surface area contributed by atoms with Crippen molar-refractivity contribution in [1.82, 2.24) is 6.15 Å². The fraction of sp³-hybridized carbons (Fsp3) is 1.00. The highest BCUT2D eigenvalue weighted by Gasteiger charge is 2.25. The molecular weight excluding hydrogens is 377 g/mol. The Morgan fingerprint density at radius 3 is 1.43 bits per heavy atom. The van der Waals surface area contributed by atoms with Crippen molar-refractivity contribution in [3.8, 4) is 0 Å². The van der Waals surface area contributed by atoms with Gasteiger partial charge in [-0.15, -0.1) is 0 Å². The molecule has 0 spiro atoms. The van der Waals surface area contributed by atoms with Gasteiger partial charge in [0.25, 0.3) is 10.1 Å². The van der Waals surface area contributed by atoms with Crippen LogP contribution in [0.15, 0.2) is 0 Å². The summed E-state index contributed by atoms with van der Waals surface area (Å²) in [4.78, 5) is 0. The zero-order valence-electron chi connectivity index (χ0n) is 18.7. The SMILES string of the molecule is CCCCCCCCCCCOS(=O)(=O)C(F)CCCCCCCCCC.N. The van der Waals surface area contributed by atoms with Gasteiger partial charge < -0.3 is 6.15 Å². The molecule has 0 aromatic rings. The third-order valence-electron chi connectivity index (χ3n) is 5.09. The van der Waals surface area contributed by atoms with Gasteiger partial charge in [-0.2, -0.15) is 8.42 Å². The molecule has 0 radical (unpaired) electrons. The highest BCUT2D eigenvalue weighted by molar-refractivity contribution is 7.87. The van der Waals surface area contributed by atoms with Crippen LogP contribution in [-0.4, -0.2) is 20.5 Å². The van der Waals surface area contributed by atoms with Gasteiger partial charge in [-0.3, -0.25) is 4.18 Å². The first-order valence-electron chi connectivity index (χ1n) is 11.6. The Morgan fingerprint density at radius 1 is 0.643 bits per heavy atom. The van der Waals surface area contributed by atoms with Crippen LogP contribution in [0.2, 0.25) is 0 Å². The molecule has 0 rings (SSSR count). The summed E-state index contributed by atoms with van der Waals surface area (Å²) in [7, 11) is -4.04. The van der Waals surface area contributed by atoms with Crippen LogP contribution in [0.1, 0.15) is 129 Å². The predicted octanol–water partition coefficient (Wildman–Crippen LogP) is 7.85. The van der Waals surface area contributed by atoms with Crippen molar-refractivity contribution in [2.24, 2.45) is 0 Å². The van der Waals surface area contributed by atoms with Gasteiger partial charge >= 0.3 is 0 Å². The minimum Gasteiger partial charge on any atom is -0.344 e. The molecule has 0 aliphatic carbocycles. The lowest BCUT2D eigenvalue weighted by Crippen LogP contribution is -2.19. The molecule has 0 aliphatic heterocycles. The summed E-state index contributed by atoms with van der Waals surface area (Å²) in [5, 5.41) is 0. The summed E-state index contributed by atoms with van der Waals surface area (Å²) in [6.45, 7) is 4.53. The standard InChI is InChI=1S/C22H45FO3S.H3N/c1-3-5-7-9-11-13-15-17-19-21-26-27(24,25)22(23)20-18-16-14-12-10-8-6-4-2;/h22H,3-21H2,1-2H3;1H3. The molecule has 0 heterocycles. The summed E-state index contributed by atoms with van der Waals surface area (Å²) < 4.78 is 42.4. The number of hydrogen-bond acceptors (Lipinski definition) is 4. The van der Waals surface area contributed by atoms with E-state index in [1.165, 1.54) is 70.6 Å². The number of alkyl halides is 1. The lowest BCUT2D eigenvalue weighted by molar-refractivity contribution is 0.270. The molecule has 0 fully saturated rings. The molecule has 28 heavy (non-hydrogen) atoms. The van der Waals surface area contributed by atoms with Gasteiger partial charge in [0.1, 0.15) is 0 Å². The quantitative estimate of drug-likeness (QED) is 0.150. The van der Waals surface area contributed by atoms with Crippen LogP contribution in [0.25, 0.3) is 0 Å². The maximum Gasteiger partial charge on any atom is 0.299 e.